The molecule has 0 atom stereocenters. The van der Waals surface area contributed by atoms with Crippen LogP contribution in [0, 0.1) is 5.82 Å². The average Bonchev–Trinajstić information content (AvgIpc) is 2.47. The van der Waals surface area contributed by atoms with Gasteiger partial charge in [0.25, 0.3) is 5.56 Å². The number of aromatic nitrogens is 2. The summed E-state index contributed by atoms with van der Waals surface area (Å²) >= 11 is 11.9. The van der Waals surface area contributed by atoms with Crippen molar-refractivity contribution < 1.29 is 9.13 Å². The number of H-pyrrole nitrogens is 1. The van der Waals surface area contributed by atoms with E-state index in [1.807, 2.05) is 0 Å². The summed E-state index contributed by atoms with van der Waals surface area (Å²) in [5.74, 6) is -0.920. The fraction of sp³-hybridized carbons (Fsp3) is 0.0667. The van der Waals surface area contributed by atoms with E-state index in [9.17, 15) is 9.18 Å². The van der Waals surface area contributed by atoms with Crippen molar-refractivity contribution in [2.24, 2.45) is 0 Å². The van der Waals surface area contributed by atoms with E-state index >= 15 is 0 Å². The lowest BCUT2D eigenvalue weighted by molar-refractivity contribution is 0.387. The van der Waals surface area contributed by atoms with Crippen LogP contribution in [0.25, 0.3) is 22.3 Å². The molecule has 2 aromatic carbocycles. The third-order valence-electron chi connectivity index (χ3n) is 3.18. The number of nitrogens with one attached hydrogen (secondary N) is 1. The Labute approximate surface area is 134 Å². The van der Waals surface area contributed by atoms with Crippen molar-refractivity contribution in [1.82, 2.24) is 9.97 Å². The molecule has 1 N–H and O–H groups in total. The van der Waals surface area contributed by atoms with Gasteiger partial charge >= 0.3 is 0 Å². The van der Waals surface area contributed by atoms with Crippen LogP contribution in [-0.2, 0) is 0 Å². The molecule has 0 bridgehead atoms. The molecular formula is C15H9Cl2FN2O2. The number of halogens is 3. The fourth-order valence-electron chi connectivity index (χ4n) is 2.18. The Hall–Kier alpha value is -2.11. The summed E-state index contributed by atoms with van der Waals surface area (Å²) in [5, 5.41) is 0.474. The van der Waals surface area contributed by atoms with Crippen molar-refractivity contribution in [3.8, 4) is 17.1 Å². The molecule has 1 heterocycles. The third kappa shape index (κ3) is 2.32. The number of hydrogen-bond donors (Lipinski definition) is 1. The predicted molar refractivity (Wildman–Crippen MR) is 84.3 cm³/mol. The van der Waals surface area contributed by atoms with Crippen molar-refractivity contribution >= 4 is 34.1 Å². The highest BCUT2D eigenvalue weighted by Gasteiger charge is 2.21. The van der Waals surface area contributed by atoms with Gasteiger partial charge in [-0.3, -0.25) is 4.79 Å². The number of para-hydroxylation sites is 1. The van der Waals surface area contributed by atoms with Crippen LogP contribution in [0.1, 0.15) is 0 Å². The molecule has 0 saturated heterocycles. The molecule has 4 nitrogen and oxygen atoms in total. The Morgan fingerprint density at radius 2 is 1.95 bits per heavy atom. The van der Waals surface area contributed by atoms with E-state index in [1.54, 1.807) is 24.3 Å². The highest BCUT2D eigenvalue weighted by atomic mass is 35.5. The van der Waals surface area contributed by atoms with Gasteiger partial charge in [-0.15, -0.1) is 0 Å². The first-order chi connectivity index (χ1) is 10.5. The van der Waals surface area contributed by atoms with Gasteiger partial charge in [-0.05, 0) is 18.2 Å². The van der Waals surface area contributed by atoms with Gasteiger partial charge in [0.15, 0.2) is 11.6 Å². The largest absolute Gasteiger partial charge is 0.492 e. The molecule has 0 saturated carbocycles. The van der Waals surface area contributed by atoms with E-state index in [2.05, 4.69) is 9.97 Å². The Morgan fingerprint density at radius 3 is 2.68 bits per heavy atom. The molecule has 0 fully saturated rings. The number of ether oxygens (including phenoxy) is 1. The number of fused-ring (bicyclic) bond motifs is 1. The molecule has 0 aliphatic heterocycles. The molecule has 3 rings (SSSR count). The van der Waals surface area contributed by atoms with Gasteiger partial charge < -0.3 is 9.72 Å². The second kappa shape index (κ2) is 5.59. The molecule has 0 amide bonds. The number of rotatable bonds is 2. The summed E-state index contributed by atoms with van der Waals surface area (Å²) in [7, 11) is 1.29. The first kappa shape index (κ1) is 14.8. The first-order valence-corrected chi connectivity index (χ1v) is 6.99. The molecule has 0 spiro atoms. The van der Waals surface area contributed by atoms with Crippen LogP contribution < -0.4 is 10.3 Å². The lowest BCUT2D eigenvalue weighted by Crippen LogP contribution is -2.10. The molecule has 22 heavy (non-hydrogen) atoms. The van der Waals surface area contributed by atoms with Crippen molar-refractivity contribution in [2.45, 2.75) is 0 Å². The summed E-state index contributed by atoms with van der Waals surface area (Å²) in [4.78, 5) is 18.9. The van der Waals surface area contributed by atoms with E-state index in [0.29, 0.717) is 10.9 Å². The van der Waals surface area contributed by atoms with Crippen LogP contribution >= 0.6 is 23.2 Å². The van der Waals surface area contributed by atoms with Gasteiger partial charge in [-0.25, -0.2) is 9.37 Å². The molecule has 112 valence electrons. The second-order valence-corrected chi connectivity index (χ2v) is 5.31. The minimum Gasteiger partial charge on any atom is -0.492 e. The lowest BCUT2D eigenvalue weighted by atomic mass is 10.1. The minimum atomic E-state index is -0.779. The van der Waals surface area contributed by atoms with E-state index in [-0.39, 0.29) is 32.7 Å². The SMILES string of the molecule is COc1c(Cl)cc(Cl)c(-c2nc3ccccc3c(=O)[nH]2)c1F. The van der Waals surface area contributed by atoms with Crippen LogP contribution in [0.4, 0.5) is 4.39 Å². The smallest absolute Gasteiger partial charge is 0.259 e. The molecule has 0 radical (unpaired) electrons. The Morgan fingerprint density at radius 1 is 1.23 bits per heavy atom. The molecule has 0 aliphatic carbocycles. The van der Waals surface area contributed by atoms with Gasteiger partial charge in [0.1, 0.15) is 5.82 Å². The topological polar surface area (TPSA) is 55.0 Å². The zero-order chi connectivity index (χ0) is 15.9. The van der Waals surface area contributed by atoms with Crippen LogP contribution in [0.5, 0.6) is 5.75 Å². The number of benzene rings is 2. The van der Waals surface area contributed by atoms with Gasteiger partial charge in [0.05, 0.1) is 33.6 Å². The zero-order valence-corrected chi connectivity index (χ0v) is 12.8. The lowest BCUT2D eigenvalue weighted by Gasteiger charge is -2.11. The fourth-order valence-corrected chi connectivity index (χ4v) is 2.79. The molecule has 0 aliphatic rings. The van der Waals surface area contributed by atoms with Gasteiger partial charge in [-0.2, -0.15) is 0 Å². The minimum absolute atomic E-state index is 0.0150. The van der Waals surface area contributed by atoms with Crippen LogP contribution in [0.15, 0.2) is 35.1 Å². The predicted octanol–water partition coefficient (Wildman–Crippen LogP) is 4.04. The highest BCUT2D eigenvalue weighted by molar-refractivity contribution is 6.37. The summed E-state index contributed by atoms with van der Waals surface area (Å²) in [6, 6.07) is 8.09. The molecule has 0 unspecified atom stereocenters. The highest BCUT2D eigenvalue weighted by Crippen LogP contribution is 2.39. The molecule has 1 aromatic heterocycles. The normalized spacial score (nSPS) is 10.9. The average molecular weight is 339 g/mol. The van der Waals surface area contributed by atoms with Gasteiger partial charge in [0, 0.05) is 0 Å². The first-order valence-electron chi connectivity index (χ1n) is 6.24. The van der Waals surface area contributed by atoms with Crippen molar-refractivity contribution in [2.75, 3.05) is 7.11 Å². The molecule has 3 aromatic rings. The monoisotopic (exact) mass is 338 g/mol. The molecule has 7 heteroatoms. The number of aromatic amines is 1. The Balaban J connectivity index is 2.35. The van der Waals surface area contributed by atoms with Gasteiger partial charge in [0.2, 0.25) is 0 Å². The third-order valence-corrected chi connectivity index (χ3v) is 3.76. The summed E-state index contributed by atoms with van der Waals surface area (Å²) in [5.41, 5.74) is -0.0126. The maximum atomic E-state index is 14.6. The number of methoxy groups -OCH3 is 1. The standard InChI is InChI=1S/C15H9Cl2FN2O2/c1-22-13-9(17)6-8(16)11(12(13)18)14-19-10-5-3-2-4-7(10)15(21)20-14/h2-6H,1H3,(H,19,20,21). The quantitative estimate of drug-likeness (QED) is 0.767. The van der Waals surface area contributed by atoms with E-state index in [4.69, 9.17) is 27.9 Å². The van der Waals surface area contributed by atoms with Crippen molar-refractivity contribution in [1.29, 1.82) is 0 Å². The summed E-state index contributed by atoms with van der Waals surface area (Å²) < 4.78 is 19.5. The maximum Gasteiger partial charge on any atom is 0.259 e. The van der Waals surface area contributed by atoms with E-state index < -0.39 is 5.82 Å². The van der Waals surface area contributed by atoms with Gasteiger partial charge in [-0.1, -0.05) is 35.3 Å². The zero-order valence-electron chi connectivity index (χ0n) is 11.3. The summed E-state index contributed by atoms with van der Waals surface area (Å²) in [6.07, 6.45) is 0. The van der Waals surface area contributed by atoms with Crippen LogP contribution in [0.3, 0.4) is 0 Å². The van der Waals surface area contributed by atoms with E-state index in [0.717, 1.165) is 0 Å². The van der Waals surface area contributed by atoms with Crippen molar-refractivity contribution in [3.63, 3.8) is 0 Å². The number of hydrogen-bond acceptors (Lipinski definition) is 3. The second-order valence-electron chi connectivity index (χ2n) is 4.49. The Kier molecular flexibility index (Phi) is 3.76. The molecular weight excluding hydrogens is 330 g/mol. The Bertz CT molecular complexity index is 941. The number of nitrogens with zero attached hydrogens (tertiary/aromatic N) is 1. The van der Waals surface area contributed by atoms with Crippen molar-refractivity contribution in [3.05, 3.63) is 56.5 Å². The van der Waals surface area contributed by atoms with Crippen LogP contribution in [0.2, 0.25) is 10.0 Å². The van der Waals surface area contributed by atoms with E-state index in [1.165, 1.54) is 13.2 Å². The summed E-state index contributed by atoms with van der Waals surface area (Å²) in [6.45, 7) is 0. The maximum absolute atomic E-state index is 14.6. The van der Waals surface area contributed by atoms with Crippen LogP contribution in [-0.4, -0.2) is 17.1 Å².